The van der Waals surface area contributed by atoms with Gasteiger partial charge < -0.3 is 15.0 Å². The summed E-state index contributed by atoms with van der Waals surface area (Å²) in [6.45, 7) is 5.93. The Morgan fingerprint density at radius 2 is 1.90 bits per heavy atom. The lowest BCUT2D eigenvalue weighted by atomic mass is 10.2. The van der Waals surface area contributed by atoms with Gasteiger partial charge in [-0.05, 0) is 56.7 Å². The maximum Gasteiger partial charge on any atom is 0.279 e. The van der Waals surface area contributed by atoms with Crippen LogP contribution in [0.1, 0.15) is 37.0 Å². The summed E-state index contributed by atoms with van der Waals surface area (Å²) in [6, 6.07) is 11.2. The molecule has 2 aromatic heterocycles. The number of benzene rings is 1. The van der Waals surface area contributed by atoms with Crippen molar-refractivity contribution >= 4 is 17.4 Å². The minimum atomic E-state index is -0.335. The zero-order valence-electron chi connectivity index (χ0n) is 17.4. The Hall–Kier alpha value is -3.42. The first-order valence-electron chi connectivity index (χ1n) is 9.55. The van der Waals surface area contributed by atoms with E-state index in [-0.39, 0.29) is 17.7 Å². The Bertz CT molecular complexity index is 962. The number of carbonyl (C=O) groups is 1. The number of nitrogens with one attached hydrogen (secondary N) is 1. The summed E-state index contributed by atoms with van der Waals surface area (Å²) >= 11 is 0. The van der Waals surface area contributed by atoms with E-state index in [1.54, 1.807) is 16.9 Å². The Labute approximate surface area is 170 Å². The molecule has 0 spiro atoms. The van der Waals surface area contributed by atoms with Crippen molar-refractivity contribution in [2.24, 2.45) is 0 Å². The van der Waals surface area contributed by atoms with Crippen LogP contribution in [0.5, 0.6) is 5.75 Å². The summed E-state index contributed by atoms with van der Waals surface area (Å²) in [5.74, 6) is 0.914. The van der Waals surface area contributed by atoms with E-state index in [2.05, 4.69) is 20.6 Å². The second kappa shape index (κ2) is 8.72. The predicted octanol–water partition coefficient (Wildman–Crippen LogP) is 3.33. The smallest absolute Gasteiger partial charge is 0.279 e. The molecule has 0 bridgehead atoms. The molecule has 0 aliphatic rings. The first-order valence-corrected chi connectivity index (χ1v) is 9.55. The highest BCUT2D eigenvalue weighted by Crippen LogP contribution is 2.20. The third-order valence-electron chi connectivity index (χ3n) is 4.27. The summed E-state index contributed by atoms with van der Waals surface area (Å²) in [6.07, 6.45) is 2.41. The number of pyridine rings is 1. The lowest BCUT2D eigenvalue weighted by molar-refractivity contribution is 0.102. The number of hydrogen-bond donors (Lipinski definition) is 1. The lowest BCUT2D eigenvalue weighted by Gasteiger charge is -2.12. The van der Waals surface area contributed by atoms with E-state index in [9.17, 15) is 4.79 Å². The molecule has 1 aromatic carbocycles. The average Bonchev–Trinajstić information content (AvgIpc) is 3.12. The molecule has 0 atom stereocenters. The zero-order valence-corrected chi connectivity index (χ0v) is 17.4. The molecule has 0 aliphatic heterocycles. The third-order valence-corrected chi connectivity index (χ3v) is 4.27. The van der Waals surface area contributed by atoms with Crippen molar-refractivity contribution in [2.45, 2.75) is 33.3 Å². The molecule has 1 amide bonds. The number of anilines is 2. The summed E-state index contributed by atoms with van der Waals surface area (Å²) < 4.78 is 7.35. The van der Waals surface area contributed by atoms with Gasteiger partial charge in [-0.2, -0.15) is 0 Å². The molecule has 0 fully saturated rings. The van der Waals surface area contributed by atoms with E-state index in [0.717, 1.165) is 22.8 Å². The second-order valence-corrected chi connectivity index (χ2v) is 7.06. The molecule has 29 heavy (non-hydrogen) atoms. The fraction of sp³-hybridized carbons (Fsp3) is 0.333. The fourth-order valence-corrected chi connectivity index (χ4v) is 2.84. The van der Waals surface area contributed by atoms with Gasteiger partial charge in [-0.1, -0.05) is 12.1 Å². The van der Waals surface area contributed by atoms with E-state index in [1.807, 2.05) is 70.1 Å². The molecule has 0 unspecified atom stereocenters. The molecule has 0 radical (unpaired) electrons. The van der Waals surface area contributed by atoms with Crippen molar-refractivity contribution in [1.82, 2.24) is 20.0 Å². The SMILES string of the molecule is CCc1c(C(=O)Nc2ccc(N(C)C)cn2)nnn1-c1ccc(OC(C)C)cc1. The normalized spacial score (nSPS) is 10.8. The van der Waals surface area contributed by atoms with Gasteiger partial charge in [0.2, 0.25) is 0 Å². The van der Waals surface area contributed by atoms with Crippen molar-refractivity contribution in [1.29, 1.82) is 0 Å². The Morgan fingerprint density at radius 1 is 1.17 bits per heavy atom. The van der Waals surface area contributed by atoms with Crippen LogP contribution in [0.15, 0.2) is 42.6 Å². The Balaban J connectivity index is 1.80. The fourth-order valence-electron chi connectivity index (χ4n) is 2.84. The van der Waals surface area contributed by atoms with Crippen LogP contribution in [0.25, 0.3) is 5.69 Å². The first kappa shape index (κ1) is 20.3. The molecule has 0 saturated heterocycles. The van der Waals surface area contributed by atoms with Crippen LogP contribution < -0.4 is 15.0 Å². The molecule has 152 valence electrons. The van der Waals surface area contributed by atoms with E-state index in [4.69, 9.17) is 4.74 Å². The first-order chi connectivity index (χ1) is 13.9. The van der Waals surface area contributed by atoms with Gasteiger partial charge in [0.05, 0.1) is 29.4 Å². The number of hydrogen-bond acceptors (Lipinski definition) is 6. The third kappa shape index (κ3) is 4.71. The van der Waals surface area contributed by atoms with E-state index < -0.39 is 0 Å². The van der Waals surface area contributed by atoms with E-state index in [1.165, 1.54) is 0 Å². The van der Waals surface area contributed by atoms with Crippen molar-refractivity contribution in [3.8, 4) is 11.4 Å². The molecule has 1 N–H and O–H groups in total. The van der Waals surface area contributed by atoms with Gasteiger partial charge in [-0.3, -0.25) is 4.79 Å². The largest absolute Gasteiger partial charge is 0.491 e. The molecule has 8 nitrogen and oxygen atoms in total. The molecule has 3 rings (SSSR count). The second-order valence-electron chi connectivity index (χ2n) is 7.06. The van der Waals surface area contributed by atoms with Gasteiger partial charge >= 0.3 is 0 Å². The average molecular weight is 394 g/mol. The summed E-state index contributed by atoms with van der Waals surface area (Å²) in [5.41, 5.74) is 2.78. The quantitative estimate of drug-likeness (QED) is 0.662. The number of carbonyl (C=O) groups excluding carboxylic acids is 1. The van der Waals surface area contributed by atoms with Crippen molar-refractivity contribution < 1.29 is 9.53 Å². The van der Waals surface area contributed by atoms with Crippen LogP contribution in [0.2, 0.25) is 0 Å². The lowest BCUT2D eigenvalue weighted by Crippen LogP contribution is -2.16. The molecule has 8 heteroatoms. The number of rotatable bonds is 7. The highest BCUT2D eigenvalue weighted by Gasteiger charge is 2.20. The summed E-state index contributed by atoms with van der Waals surface area (Å²) in [4.78, 5) is 19.0. The molecule has 0 aliphatic carbocycles. The summed E-state index contributed by atoms with van der Waals surface area (Å²) in [7, 11) is 3.87. The van der Waals surface area contributed by atoms with E-state index >= 15 is 0 Å². The number of aromatic nitrogens is 4. The number of ether oxygens (including phenoxy) is 1. The van der Waals surface area contributed by atoms with Crippen LogP contribution in [-0.4, -0.2) is 46.1 Å². The predicted molar refractivity (Wildman–Crippen MR) is 113 cm³/mol. The zero-order chi connectivity index (χ0) is 21.0. The van der Waals surface area contributed by atoms with Gasteiger partial charge in [-0.25, -0.2) is 9.67 Å². The van der Waals surface area contributed by atoms with Gasteiger partial charge in [-0.15, -0.1) is 5.10 Å². The standard InChI is InChI=1S/C21H26N6O2/c1-6-18-20(21(28)23-19-12-9-16(13-22-19)26(4)5)24-25-27(18)15-7-10-17(11-8-15)29-14(2)3/h7-14H,6H2,1-5H3,(H,22,23,28). The maximum atomic E-state index is 12.7. The minimum Gasteiger partial charge on any atom is -0.491 e. The highest BCUT2D eigenvalue weighted by molar-refractivity contribution is 6.03. The minimum absolute atomic E-state index is 0.106. The maximum absolute atomic E-state index is 12.7. The summed E-state index contributed by atoms with van der Waals surface area (Å²) in [5, 5.41) is 11.1. The highest BCUT2D eigenvalue weighted by atomic mass is 16.5. The number of nitrogens with zero attached hydrogens (tertiary/aromatic N) is 5. The van der Waals surface area contributed by atoms with E-state index in [0.29, 0.717) is 12.2 Å². The van der Waals surface area contributed by atoms with Gasteiger partial charge in [0.1, 0.15) is 11.6 Å². The van der Waals surface area contributed by atoms with Crippen LogP contribution >= 0.6 is 0 Å². The van der Waals surface area contributed by atoms with Crippen molar-refractivity contribution in [2.75, 3.05) is 24.3 Å². The van der Waals surface area contributed by atoms with Crippen LogP contribution in [0.4, 0.5) is 11.5 Å². The van der Waals surface area contributed by atoms with Crippen LogP contribution in [-0.2, 0) is 6.42 Å². The molecule has 0 saturated carbocycles. The topological polar surface area (TPSA) is 85.2 Å². The monoisotopic (exact) mass is 394 g/mol. The molecule has 2 heterocycles. The van der Waals surface area contributed by atoms with Gasteiger partial charge in [0.15, 0.2) is 5.69 Å². The van der Waals surface area contributed by atoms with Crippen LogP contribution in [0, 0.1) is 0 Å². The molecular weight excluding hydrogens is 368 g/mol. The van der Waals surface area contributed by atoms with Gasteiger partial charge in [0, 0.05) is 14.1 Å². The van der Waals surface area contributed by atoms with Crippen molar-refractivity contribution in [3.63, 3.8) is 0 Å². The van der Waals surface area contributed by atoms with Crippen LogP contribution in [0.3, 0.4) is 0 Å². The molecular formula is C21H26N6O2. The van der Waals surface area contributed by atoms with Crippen molar-refractivity contribution in [3.05, 3.63) is 54.0 Å². The Kier molecular flexibility index (Phi) is 6.11. The molecule has 3 aromatic rings. The van der Waals surface area contributed by atoms with Gasteiger partial charge in [0.25, 0.3) is 5.91 Å². The Morgan fingerprint density at radius 3 is 2.45 bits per heavy atom. The number of amides is 1.